The molecule has 4 aromatic carbocycles. The van der Waals surface area contributed by atoms with Crippen LogP contribution in [0.25, 0.3) is 16.7 Å². The van der Waals surface area contributed by atoms with Gasteiger partial charge in [0.2, 0.25) is 5.36 Å². The van der Waals surface area contributed by atoms with E-state index in [2.05, 4.69) is 61.4 Å². The maximum atomic E-state index is 12.5. The van der Waals surface area contributed by atoms with Crippen LogP contribution in [0.2, 0.25) is 0 Å². The summed E-state index contributed by atoms with van der Waals surface area (Å²) in [4.78, 5) is 14.0. The van der Waals surface area contributed by atoms with Crippen molar-refractivity contribution in [1.29, 1.82) is 0 Å². The van der Waals surface area contributed by atoms with Crippen molar-refractivity contribution in [2.45, 2.75) is 83.3 Å². The lowest BCUT2D eigenvalue weighted by atomic mass is 9.67. The molecule has 0 amide bonds. The van der Waals surface area contributed by atoms with Gasteiger partial charge >= 0.3 is 5.97 Å². The highest BCUT2D eigenvalue weighted by molar-refractivity contribution is 7.86. The number of allylic oxidation sites excluding steroid dienone is 1. The predicted octanol–water partition coefficient (Wildman–Crippen LogP) is 6.29. The summed E-state index contributed by atoms with van der Waals surface area (Å²) in [5.74, 6) is -1.59. The van der Waals surface area contributed by atoms with Crippen molar-refractivity contribution >= 4 is 48.6 Å². The third-order valence-corrected chi connectivity index (χ3v) is 13.3. The van der Waals surface area contributed by atoms with Gasteiger partial charge in [0, 0.05) is 54.3 Å². The summed E-state index contributed by atoms with van der Waals surface area (Å²) in [7, 11) is -8.88. The van der Waals surface area contributed by atoms with Crippen LogP contribution in [0.3, 0.4) is 0 Å². The first kappa shape index (κ1) is 39.4. The van der Waals surface area contributed by atoms with Gasteiger partial charge < -0.3 is 10.0 Å². The third-order valence-electron chi connectivity index (χ3n) is 11.7. The van der Waals surface area contributed by atoms with Gasteiger partial charge in [0.25, 0.3) is 20.2 Å². The summed E-state index contributed by atoms with van der Waals surface area (Å²) in [5.41, 5.74) is 7.26. The SMILES string of the molecule is CCN1c2cc3c(cc2C(CS(=O)(=O)O)=CC1(C)C)C(c1ccc(C(=O)O)cc1)=c1cc2c(cc1C3(C)C)=[N+](Cc1ccccc1S(=O)(=O)O)C(C)(C)C=C2C. The molecule has 3 aliphatic rings. The summed E-state index contributed by atoms with van der Waals surface area (Å²) in [5, 5.41) is 11.6. The Morgan fingerprint density at radius 1 is 0.804 bits per heavy atom. The number of aromatic carboxylic acids is 1. The topological polar surface area (TPSA) is 152 Å². The number of rotatable bonds is 8. The minimum absolute atomic E-state index is 0.142. The Kier molecular flexibility index (Phi) is 9.20. The molecule has 0 unspecified atom stereocenters. The molecule has 0 atom stereocenters. The number of benzene rings is 4. The van der Waals surface area contributed by atoms with Crippen LogP contribution in [0, 0.1) is 0 Å². The number of anilines is 1. The minimum atomic E-state index is -4.50. The minimum Gasteiger partial charge on any atom is -0.478 e. The molecule has 292 valence electrons. The zero-order chi connectivity index (χ0) is 40.9. The van der Waals surface area contributed by atoms with Crippen LogP contribution in [0.1, 0.15) is 105 Å². The summed E-state index contributed by atoms with van der Waals surface area (Å²) < 4.78 is 72.2. The van der Waals surface area contributed by atoms with Crippen LogP contribution in [0.15, 0.2) is 89.8 Å². The van der Waals surface area contributed by atoms with E-state index in [9.17, 15) is 35.8 Å². The molecule has 56 heavy (non-hydrogen) atoms. The Labute approximate surface area is 328 Å². The van der Waals surface area contributed by atoms with E-state index in [4.69, 9.17) is 0 Å². The van der Waals surface area contributed by atoms with E-state index in [0.717, 1.165) is 55.2 Å². The highest BCUT2D eigenvalue weighted by atomic mass is 32.2. The van der Waals surface area contributed by atoms with E-state index in [1.807, 2.05) is 39.8 Å². The van der Waals surface area contributed by atoms with Crippen molar-refractivity contribution in [3.05, 3.63) is 140 Å². The standard InChI is InChI=1S/C44H46N2O8S2/c1-9-45-38-21-36-34(19-32(38)30(23-43(45,5)6)25-55(49,50)51)40(27-14-16-28(17-15-27)41(47)48)33-18-31-26(2)22-42(3,4)46(37(31)20-35(33)44(36,7)8)24-29-12-10-11-13-39(29)56(52,53)54/h10-23H,9,24-25H2,1-8H3,(H2-,47,48,49,50,51,52,53,54)/p+1. The fourth-order valence-corrected chi connectivity index (χ4v) is 10.5. The van der Waals surface area contributed by atoms with Crippen molar-refractivity contribution in [2.24, 2.45) is 0 Å². The van der Waals surface area contributed by atoms with E-state index in [0.29, 0.717) is 23.2 Å². The normalized spacial score (nSPS) is 17.9. The van der Waals surface area contributed by atoms with E-state index in [1.54, 1.807) is 42.5 Å². The molecule has 1 aliphatic carbocycles. The van der Waals surface area contributed by atoms with Gasteiger partial charge in [0.15, 0.2) is 12.1 Å². The van der Waals surface area contributed by atoms with Crippen LogP contribution in [0.5, 0.6) is 0 Å². The highest BCUT2D eigenvalue weighted by Gasteiger charge is 2.41. The van der Waals surface area contributed by atoms with E-state index >= 15 is 0 Å². The molecular weight excluding hydrogens is 749 g/mol. The second-order valence-corrected chi connectivity index (χ2v) is 19.5. The Hall–Kier alpha value is -4.88. The molecule has 0 saturated carbocycles. The van der Waals surface area contributed by atoms with Gasteiger partial charge in [-0.25, -0.2) is 9.37 Å². The van der Waals surface area contributed by atoms with Gasteiger partial charge in [-0.1, -0.05) is 50.3 Å². The lowest BCUT2D eigenvalue weighted by molar-refractivity contribution is 0.0696. The number of hydrogen-bond acceptors (Lipinski definition) is 6. The molecule has 0 saturated heterocycles. The quantitative estimate of drug-likeness (QED) is 0.138. The molecule has 0 radical (unpaired) electrons. The molecule has 0 fully saturated rings. The molecule has 4 aromatic rings. The molecular formula is C44H47N2O8S2+. The Morgan fingerprint density at radius 2 is 1.46 bits per heavy atom. The molecule has 10 nitrogen and oxygen atoms in total. The number of carboxylic acids is 1. The Balaban J connectivity index is 1.62. The molecule has 0 spiro atoms. The monoisotopic (exact) mass is 795 g/mol. The van der Waals surface area contributed by atoms with Crippen LogP contribution < -0.4 is 20.1 Å². The number of hydrogen-bond donors (Lipinski definition) is 3. The number of carbonyl (C=O) groups is 1. The van der Waals surface area contributed by atoms with Gasteiger partial charge in [-0.05, 0) is 114 Å². The second-order valence-electron chi connectivity index (χ2n) is 16.7. The third kappa shape index (κ3) is 6.62. The van der Waals surface area contributed by atoms with Crippen molar-refractivity contribution in [3.63, 3.8) is 0 Å². The second kappa shape index (κ2) is 13.1. The van der Waals surface area contributed by atoms with Crippen LogP contribution >= 0.6 is 0 Å². The van der Waals surface area contributed by atoms with E-state index in [1.165, 1.54) is 6.07 Å². The lowest BCUT2D eigenvalue weighted by Gasteiger charge is -2.45. The molecule has 0 bridgehead atoms. The first-order valence-corrected chi connectivity index (χ1v) is 21.6. The highest BCUT2D eigenvalue weighted by Crippen LogP contribution is 2.47. The summed E-state index contributed by atoms with van der Waals surface area (Å²) in [6.45, 7) is 17.4. The smallest absolute Gasteiger partial charge is 0.335 e. The van der Waals surface area contributed by atoms with E-state index in [-0.39, 0.29) is 17.0 Å². The van der Waals surface area contributed by atoms with Crippen molar-refractivity contribution in [2.75, 3.05) is 17.2 Å². The van der Waals surface area contributed by atoms with Gasteiger partial charge in [-0.15, -0.1) is 0 Å². The Bertz CT molecular complexity index is 2800. The largest absolute Gasteiger partial charge is 0.478 e. The fourth-order valence-electron chi connectivity index (χ4n) is 9.15. The van der Waals surface area contributed by atoms with Gasteiger partial charge in [-0.3, -0.25) is 9.11 Å². The maximum Gasteiger partial charge on any atom is 0.335 e. The lowest BCUT2D eigenvalue weighted by Crippen LogP contribution is -2.50. The van der Waals surface area contributed by atoms with Gasteiger partial charge in [-0.2, -0.15) is 16.8 Å². The molecule has 12 heteroatoms. The molecule has 2 aliphatic heterocycles. The molecule has 2 heterocycles. The molecule has 0 aromatic heterocycles. The van der Waals surface area contributed by atoms with E-state index < -0.39 is 48.5 Å². The van der Waals surface area contributed by atoms with Crippen molar-refractivity contribution in [1.82, 2.24) is 4.58 Å². The summed E-state index contributed by atoms with van der Waals surface area (Å²) >= 11 is 0. The number of likely N-dealkylation sites (N-methyl/N-ethyl adjacent to an activating group) is 1. The molecule has 7 rings (SSSR count). The maximum absolute atomic E-state index is 12.5. The zero-order valence-electron chi connectivity index (χ0n) is 32.8. The van der Waals surface area contributed by atoms with Crippen LogP contribution in [-0.2, 0) is 32.2 Å². The first-order chi connectivity index (χ1) is 25.9. The predicted molar refractivity (Wildman–Crippen MR) is 220 cm³/mol. The number of fused-ring (bicyclic) bond motifs is 4. The first-order valence-electron chi connectivity index (χ1n) is 18.5. The van der Waals surface area contributed by atoms with Gasteiger partial charge in [0.05, 0.1) is 11.1 Å². The van der Waals surface area contributed by atoms with Crippen molar-refractivity contribution in [3.8, 4) is 0 Å². The zero-order valence-corrected chi connectivity index (χ0v) is 34.4. The number of carboxylic acid groups (broad SMARTS) is 1. The number of nitrogens with zero attached hydrogens (tertiary/aromatic N) is 2. The van der Waals surface area contributed by atoms with Crippen molar-refractivity contribution < 1.29 is 35.8 Å². The average molecular weight is 796 g/mol. The Morgan fingerprint density at radius 3 is 2.07 bits per heavy atom. The summed E-state index contributed by atoms with van der Waals surface area (Å²) in [6.07, 6.45) is 4.05. The van der Waals surface area contributed by atoms with Crippen LogP contribution in [-0.4, -0.2) is 60.4 Å². The van der Waals surface area contributed by atoms with Crippen LogP contribution in [0.4, 0.5) is 5.69 Å². The van der Waals surface area contributed by atoms with Gasteiger partial charge in [0.1, 0.15) is 10.6 Å². The average Bonchev–Trinajstić information content (AvgIpc) is 3.08. The molecule has 3 N–H and O–H groups in total. The summed E-state index contributed by atoms with van der Waals surface area (Å²) in [6, 6.07) is 21.7. The fraction of sp³-hybridized carbons (Fsp3) is 0.318.